The standard InChI is InChI=1S/C44H25N3OS/c1-2-11-26(12-3-1)43-30-15-4-7-17-35(30)45-44(46-43)31-16-10-19-39-42(31)34-23-27(21-22-38(34)48-39)47-36-18-8-5-13-28(36)32-25-41-33(24-37(32)47)29-14-6-9-20-40(29)49-41/h1-25H. The minimum absolute atomic E-state index is 0.680. The number of nitrogens with zero attached hydrogens (tertiary/aromatic N) is 3. The summed E-state index contributed by atoms with van der Waals surface area (Å²) in [7, 11) is 0. The van der Waals surface area contributed by atoms with Crippen molar-refractivity contribution in [3.63, 3.8) is 0 Å². The molecule has 11 aromatic rings. The number of fused-ring (bicyclic) bond motifs is 10. The van der Waals surface area contributed by atoms with E-state index in [2.05, 4.69) is 126 Å². The van der Waals surface area contributed by atoms with E-state index in [1.807, 2.05) is 41.7 Å². The van der Waals surface area contributed by atoms with Gasteiger partial charge in [0.25, 0.3) is 0 Å². The van der Waals surface area contributed by atoms with Gasteiger partial charge in [0.1, 0.15) is 11.2 Å². The zero-order valence-electron chi connectivity index (χ0n) is 26.1. The Bertz CT molecular complexity index is 3110. The number of thiophene rings is 1. The van der Waals surface area contributed by atoms with Crippen LogP contribution in [-0.2, 0) is 0 Å². The first-order chi connectivity index (χ1) is 24.3. The fourth-order valence-electron chi connectivity index (χ4n) is 7.62. The molecule has 4 heterocycles. The van der Waals surface area contributed by atoms with Crippen LogP contribution >= 0.6 is 11.3 Å². The number of para-hydroxylation sites is 2. The highest BCUT2D eigenvalue weighted by Gasteiger charge is 2.20. The quantitative estimate of drug-likeness (QED) is 0.192. The molecule has 0 aliphatic carbocycles. The highest BCUT2D eigenvalue weighted by molar-refractivity contribution is 7.25. The molecular weight excluding hydrogens is 619 g/mol. The number of hydrogen-bond acceptors (Lipinski definition) is 4. The van der Waals surface area contributed by atoms with Gasteiger partial charge in [-0.15, -0.1) is 11.3 Å². The van der Waals surface area contributed by atoms with Crippen molar-refractivity contribution < 1.29 is 4.42 Å². The lowest BCUT2D eigenvalue weighted by Gasteiger charge is -2.10. The van der Waals surface area contributed by atoms with Crippen LogP contribution in [0.2, 0.25) is 0 Å². The summed E-state index contributed by atoms with van der Waals surface area (Å²) >= 11 is 1.86. The minimum Gasteiger partial charge on any atom is -0.456 e. The van der Waals surface area contributed by atoms with Crippen LogP contribution in [0.25, 0.3) is 103 Å². The average molecular weight is 644 g/mol. The number of rotatable bonds is 3. The third kappa shape index (κ3) is 3.91. The van der Waals surface area contributed by atoms with E-state index in [1.54, 1.807) is 0 Å². The van der Waals surface area contributed by atoms with Gasteiger partial charge < -0.3 is 8.98 Å². The van der Waals surface area contributed by atoms with Crippen LogP contribution in [0, 0.1) is 0 Å². The van der Waals surface area contributed by atoms with Gasteiger partial charge in [-0.05, 0) is 54.6 Å². The van der Waals surface area contributed by atoms with Gasteiger partial charge >= 0.3 is 0 Å². The summed E-state index contributed by atoms with van der Waals surface area (Å²) in [6.07, 6.45) is 0. The van der Waals surface area contributed by atoms with Crippen molar-refractivity contribution in [3.05, 3.63) is 152 Å². The lowest BCUT2D eigenvalue weighted by molar-refractivity contribution is 0.669. The summed E-state index contributed by atoms with van der Waals surface area (Å²) in [6, 6.07) is 53.5. The summed E-state index contributed by atoms with van der Waals surface area (Å²) in [5.41, 5.74) is 8.95. The molecule has 0 aliphatic heterocycles. The fourth-order valence-corrected chi connectivity index (χ4v) is 8.75. The third-order valence-corrected chi connectivity index (χ3v) is 10.9. The molecule has 4 aromatic heterocycles. The monoisotopic (exact) mass is 643 g/mol. The zero-order valence-corrected chi connectivity index (χ0v) is 26.9. The molecule has 0 atom stereocenters. The first-order valence-electron chi connectivity index (χ1n) is 16.4. The van der Waals surface area contributed by atoms with Crippen LogP contribution < -0.4 is 0 Å². The van der Waals surface area contributed by atoms with Crippen LogP contribution in [-0.4, -0.2) is 14.5 Å². The highest BCUT2D eigenvalue weighted by atomic mass is 32.1. The zero-order chi connectivity index (χ0) is 32.1. The SMILES string of the molecule is c1ccc(-c2nc(-c3cccc4oc5ccc(-n6c7ccccc7c7cc8sc9ccccc9c8cc76)cc5c34)nc3ccccc23)cc1. The van der Waals surface area contributed by atoms with Gasteiger partial charge in [-0.1, -0.05) is 97.1 Å². The van der Waals surface area contributed by atoms with Crippen molar-refractivity contribution in [2.24, 2.45) is 0 Å². The molecule has 0 unspecified atom stereocenters. The molecule has 0 spiro atoms. The maximum atomic E-state index is 6.50. The van der Waals surface area contributed by atoms with Gasteiger partial charge in [0.05, 0.1) is 22.2 Å². The molecule has 0 saturated heterocycles. The van der Waals surface area contributed by atoms with E-state index in [1.165, 1.54) is 42.0 Å². The van der Waals surface area contributed by atoms with Crippen LogP contribution in [0.5, 0.6) is 0 Å². The first kappa shape index (κ1) is 26.7. The van der Waals surface area contributed by atoms with Gasteiger partial charge in [0.15, 0.2) is 5.82 Å². The van der Waals surface area contributed by atoms with Crippen molar-refractivity contribution in [1.29, 1.82) is 0 Å². The molecule has 11 rings (SSSR count). The molecular formula is C44H25N3OS. The summed E-state index contributed by atoms with van der Waals surface area (Å²) in [5.74, 6) is 0.680. The normalized spacial score (nSPS) is 12.1. The second-order valence-corrected chi connectivity index (χ2v) is 13.6. The van der Waals surface area contributed by atoms with Crippen molar-refractivity contribution in [1.82, 2.24) is 14.5 Å². The molecule has 4 nitrogen and oxygen atoms in total. The molecule has 0 fully saturated rings. The summed E-state index contributed by atoms with van der Waals surface area (Å²) in [4.78, 5) is 10.3. The van der Waals surface area contributed by atoms with Crippen molar-refractivity contribution in [3.8, 4) is 28.3 Å². The molecule has 0 aliphatic rings. The van der Waals surface area contributed by atoms with Gasteiger partial charge in [-0.3, -0.25) is 0 Å². The third-order valence-electron chi connectivity index (χ3n) is 9.80. The van der Waals surface area contributed by atoms with Crippen molar-refractivity contribution >= 4 is 86.2 Å². The Kier molecular flexibility index (Phi) is 5.51. The fraction of sp³-hybridized carbons (Fsp3) is 0. The number of aromatic nitrogens is 3. The van der Waals surface area contributed by atoms with E-state index < -0.39 is 0 Å². The largest absolute Gasteiger partial charge is 0.456 e. The maximum absolute atomic E-state index is 6.50. The predicted molar refractivity (Wildman–Crippen MR) is 205 cm³/mol. The molecule has 7 aromatic carbocycles. The number of furan rings is 1. The smallest absolute Gasteiger partial charge is 0.161 e. The van der Waals surface area contributed by atoms with Gasteiger partial charge in [-0.25, -0.2) is 9.97 Å². The first-order valence-corrected chi connectivity index (χ1v) is 17.2. The van der Waals surface area contributed by atoms with Gasteiger partial charge in [0, 0.05) is 63.9 Å². The van der Waals surface area contributed by atoms with E-state index in [4.69, 9.17) is 14.4 Å². The van der Waals surface area contributed by atoms with Crippen LogP contribution in [0.3, 0.4) is 0 Å². The van der Waals surface area contributed by atoms with E-state index in [0.29, 0.717) is 5.82 Å². The van der Waals surface area contributed by atoms with E-state index in [9.17, 15) is 0 Å². The second kappa shape index (κ2) is 10.1. The molecule has 228 valence electrons. The second-order valence-electron chi connectivity index (χ2n) is 12.6. The Hall–Kier alpha value is -6.30. The lowest BCUT2D eigenvalue weighted by atomic mass is 10.0. The molecule has 0 saturated carbocycles. The van der Waals surface area contributed by atoms with Crippen molar-refractivity contribution in [2.45, 2.75) is 0 Å². The molecule has 0 amide bonds. The summed E-state index contributed by atoms with van der Waals surface area (Å²) < 4.78 is 11.5. The van der Waals surface area contributed by atoms with E-state index >= 15 is 0 Å². The highest BCUT2D eigenvalue weighted by Crippen LogP contribution is 2.42. The number of hydrogen-bond donors (Lipinski definition) is 0. The number of benzene rings is 7. The van der Waals surface area contributed by atoms with Crippen LogP contribution in [0.1, 0.15) is 0 Å². The molecule has 5 heteroatoms. The van der Waals surface area contributed by atoms with E-state index in [0.717, 1.165) is 55.3 Å². The molecule has 0 radical (unpaired) electrons. The van der Waals surface area contributed by atoms with E-state index in [-0.39, 0.29) is 0 Å². The van der Waals surface area contributed by atoms with Crippen LogP contribution in [0.4, 0.5) is 0 Å². The summed E-state index contributed by atoms with van der Waals surface area (Å²) in [5, 5.41) is 8.17. The Morgan fingerprint density at radius 2 is 1.29 bits per heavy atom. The minimum atomic E-state index is 0.680. The predicted octanol–water partition coefficient (Wildman–Crippen LogP) is 12.3. The Labute approximate surface area is 284 Å². The Balaban J connectivity index is 1.19. The molecule has 0 bridgehead atoms. The van der Waals surface area contributed by atoms with Crippen molar-refractivity contribution in [2.75, 3.05) is 0 Å². The topological polar surface area (TPSA) is 43.9 Å². The van der Waals surface area contributed by atoms with Gasteiger partial charge in [0.2, 0.25) is 0 Å². The average Bonchev–Trinajstić information content (AvgIpc) is 3.82. The Morgan fingerprint density at radius 1 is 0.490 bits per heavy atom. The van der Waals surface area contributed by atoms with Crippen LogP contribution in [0.15, 0.2) is 156 Å². The maximum Gasteiger partial charge on any atom is 0.161 e. The Morgan fingerprint density at radius 3 is 2.20 bits per heavy atom. The summed E-state index contributed by atoms with van der Waals surface area (Å²) in [6.45, 7) is 0. The van der Waals surface area contributed by atoms with Gasteiger partial charge in [-0.2, -0.15) is 0 Å². The molecule has 49 heavy (non-hydrogen) atoms. The molecule has 0 N–H and O–H groups in total. The lowest BCUT2D eigenvalue weighted by Crippen LogP contribution is -1.96.